The van der Waals surface area contributed by atoms with E-state index < -0.39 is 39.7 Å². The van der Waals surface area contributed by atoms with Crippen molar-refractivity contribution in [1.29, 1.82) is 0 Å². The van der Waals surface area contributed by atoms with Gasteiger partial charge >= 0.3 is 5.97 Å². The number of hydrogen-bond donors (Lipinski definition) is 3. The van der Waals surface area contributed by atoms with Gasteiger partial charge in [-0.25, -0.2) is 0 Å². The number of rotatable bonds is 5. The number of fused-ring (bicyclic) bond motifs is 4. The van der Waals surface area contributed by atoms with Gasteiger partial charge in [0, 0.05) is 47.7 Å². The van der Waals surface area contributed by atoms with E-state index in [0.29, 0.717) is 30.4 Å². The van der Waals surface area contributed by atoms with Crippen molar-refractivity contribution in [3.63, 3.8) is 0 Å². The average Bonchev–Trinajstić information content (AvgIpc) is 2.97. The Hall–Kier alpha value is -1.86. The number of carboxylic acid groups (broad SMARTS) is 1. The summed E-state index contributed by atoms with van der Waals surface area (Å²) in [6, 6.07) is 0. The number of ketones is 3. The van der Waals surface area contributed by atoms with Gasteiger partial charge in [-0.15, -0.1) is 0 Å². The van der Waals surface area contributed by atoms with Crippen molar-refractivity contribution in [2.24, 2.45) is 39.4 Å². The minimum Gasteiger partial charge on any atom is -0.481 e. The lowest BCUT2D eigenvalue weighted by atomic mass is 9.42. The van der Waals surface area contributed by atoms with Gasteiger partial charge < -0.3 is 15.3 Å². The quantitative estimate of drug-likeness (QED) is 0.558. The van der Waals surface area contributed by atoms with Gasteiger partial charge in [0.1, 0.15) is 5.78 Å². The molecule has 0 spiro atoms. The smallest absolute Gasteiger partial charge is 0.303 e. The Morgan fingerprint density at radius 1 is 1.06 bits per heavy atom. The fourth-order valence-electron chi connectivity index (χ4n) is 8.43. The molecule has 2 saturated carbocycles. The van der Waals surface area contributed by atoms with E-state index in [4.69, 9.17) is 5.11 Å². The van der Waals surface area contributed by atoms with Crippen LogP contribution in [0.5, 0.6) is 0 Å². The molecule has 3 N–H and O–H groups in total. The lowest BCUT2D eigenvalue weighted by molar-refractivity contribution is -0.152. The van der Waals surface area contributed by atoms with Gasteiger partial charge in [0.25, 0.3) is 0 Å². The van der Waals surface area contributed by atoms with E-state index in [-0.39, 0.29) is 61.5 Å². The number of carboxylic acids is 1. The van der Waals surface area contributed by atoms with Crippen LogP contribution in [0, 0.1) is 39.4 Å². The first kappa shape index (κ1) is 25.2. The third-order valence-corrected chi connectivity index (χ3v) is 10.8. The summed E-state index contributed by atoms with van der Waals surface area (Å²) >= 11 is 0. The van der Waals surface area contributed by atoms with E-state index >= 15 is 0 Å². The molecule has 0 aromatic carbocycles. The van der Waals surface area contributed by atoms with Crippen molar-refractivity contribution in [3.05, 3.63) is 11.1 Å². The Labute approximate surface area is 201 Å². The largest absolute Gasteiger partial charge is 0.481 e. The Morgan fingerprint density at radius 3 is 2.29 bits per heavy atom. The Balaban J connectivity index is 1.86. The van der Waals surface area contributed by atoms with Crippen molar-refractivity contribution >= 4 is 23.3 Å². The summed E-state index contributed by atoms with van der Waals surface area (Å²) in [5, 5.41) is 30.1. The molecule has 8 atom stereocenters. The van der Waals surface area contributed by atoms with Gasteiger partial charge in [-0.3, -0.25) is 19.2 Å². The molecule has 0 aromatic rings. The highest BCUT2D eigenvalue weighted by atomic mass is 16.4. The number of carbonyl (C=O) groups excluding carboxylic acids is 3. The van der Waals surface area contributed by atoms with Crippen molar-refractivity contribution < 1.29 is 34.5 Å². The van der Waals surface area contributed by atoms with Crippen molar-refractivity contribution in [2.75, 3.05) is 6.61 Å². The summed E-state index contributed by atoms with van der Waals surface area (Å²) in [7, 11) is 0. The minimum atomic E-state index is -1.10. The molecule has 34 heavy (non-hydrogen) atoms. The van der Waals surface area contributed by atoms with E-state index in [2.05, 4.69) is 0 Å². The molecular weight excluding hydrogens is 436 g/mol. The van der Waals surface area contributed by atoms with Crippen LogP contribution < -0.4 is 0 Å². The van der Waals surface area contributed by atoms with Crippen LogP contribution in [-0.4, -0.2) is 51.3 Å². The van der Waals surface area contributed by atoms with Crippen LogP contribution in [0.15, 0.2) is 11.1 Å². The molecule has 4 rings (SSSR count). The van der Waals surface area contributed by atoms with Gasteiger partial charge in [-0.1, -0.05) is 27.7 Å². The maximum atomic E-state index is 13.9. The first-order chi connectivity index (χ1) is 15.7. The van der Waals surface area contributed by atoms with Crippen molar-refractivity contribution in [1.82, 2.24) is 0 Å². The lowest BCUT2D eigenvalue weighted by Gasteiger charge is -2.60. The molecule has 0 aromatic heterocycles. The molecule has 0 aliphatic heterocycles. The summed E-state index contributed by atoms with van der Waals surface area (Å²) in [5.74, 6) is -1.92. The van der Waals surface area contributed by atoms with Crippen LogP contribution in [0.1, 0.15) is 79.6 Å². The van der Waals surface area contributed by atoms with Crippen LogP contribution in [0.3, 0.4) is 0 Å². The zero-order chi connectivity index (χ0) is 25.4. The molecule has 7 nitrogen and oxygen atoms in total. The van der Waals surface area contributed by atoms with Gasteiger partial charge in [0.2, 0.25) is 0 Å². The number of Topliss-reactive ketones (excluding diaryl/α,β-unsaturated/α-hetero) is 3. The lowest BCUT2D eigenvalue weighted by Crippen LogP contribution is -2.61. The molecule has 0 amide bonds. The van der Waals surface area contributed by atoms with Crippen LogP contribution >= 0.6 is 0 Å². The topological polar surface area (TPSA) is 129 Å². The van der Waals surface area contributed by atoms with Gasteiger partial charge in [0.05, 0.1) is 18.1 Å². The number of aliphatic hydroxyl groups is 2. The first-order valence-electron chi connectivity index (χ1n) is 12.5. The highest BCUT2D eigenvalue weighted by Crippen LogP contribution is 2.70. The Bertz CT molecular complexity index is 997. The number of aliphatic hydroxyl groups excluding tert-OH is 2. The molecule has 0 bridgehead atoms. The fraction of sp³-hybridized carbons (Fsp3) is 0.778. The van der Waals surface area contributed by atoms with Crippen LogP contribution in [-0.2, 0) is 19.2 Å². The molecular formula is C27H38O7. The van der Waals surface area contributed by atoms with E-state index in [9.17, 15) is 29.4 Å². The molecule has 8 unspecified atom stereocenters. The van der Waals surface area contributed by atoms with Crippen molar-refractivity contribution in [3.8, 4) is 0 Å². The Kier molecular flexibility index (Phi) is 5.81. The normalized spacial score (nSPS) is 45.0. The maximum Gasteiger partial charge on any atom is 0.303 e. The van der Waals surface area contributed by atoms with E-state index in [1.807, 2.05) is 27.7 Å². The van der Waals surface area contributed by atoms with Crippen LogP contribution in [0.4, 0.5) is 0 Å². The number of carbonyl (C=O) groups is 4. The number of aliphatic carboxylic acids is 1. The molecule has 4 aliphatic carbocycles. The molecule has 4 aliphatic rings. The Morgan fingerprint density at radius 2 is 1.71 bits per heavy atom. The number of hydrogen-bond acceptors (Lipinski definition) is 6. The van der Waals surface area contributed by atoms with Crippen molar-refractivity contribution in [2.45, 2.75) is 85.7 Å². The van der Waals surface area contributed by atoms with Crippen LogP contribution in [0.2, 0.25) is 0 Å². The zero-order valence-electron chi connectivity index (χ0n) is 20.9. The predicted octanol–water partition coefficient (Wildman–Crippen LogP) is 3.11. The third-order valence-electron chi connectivity index (χ3n) is 10.8. The summed E-state index contributed by atoms with van der Waals surface area (Å²) in [4.78, 5) is 52.6. The fourth-order valence-corrected chi connectivity index (χ4v) is 8.43. The summed E-state index contributed by atoms with van der Waals surface area (Å²) in [6.07, 6.45) is 1.06. The second-order valence-electron chi connectivity index (χ2n) is 12.4. The van der Waals surface area contributed by atoms with Gasteiger partial charge in [-0.05, 0) is 49.4 Å². The monoisotopic (exact) mass is 474 g/mol. The first-order valence-corrected chi connectivity index (χ1v) is 12.5. The highest BCUT2D eigenvalue weighted by Gasteiger charge is 2.70. The summed E-state index contributed by atoms with van der Waals surface area (Å²) < 4.78 is 0. The third kappa shape index (κ3) is 3.01. The average molecular weight is 475 g/mol. The molecule has 2 fully saturated rings. The summed E-state index contributed by atoms with van der Waals surface area (Å²) in [6.45, 7) is 9.18. The standard InChI is InChI=1S/C27H38O7/c1-14(6-7-21(33)34)15-10-20(32)27(5)23-16(29)11-18-24(2,9-8-19(31)25(18,3)13-28)22(23)17(30)12-26(15,27)4/h14-15,18-19,28,31H,6-13H2,1-5H3,(H,33,34). The SMILES string of the molecule is CC(CCC(=O)O)C1CC(=O)C2(C)C3=C(C(=O)CC12C)C1(C)CCC(O)C(C)(CO)C1CC3=O. The molecule has 0 heterocycles. The predicted molar refractivity (Wildman–Crippen MR) is 124 cm³/mol. The molecule has 0 saturated heterocycles. The van der Waals surface area contributed by atoms with Gasteiger partial charge in [0.15, 0.2) is 11.6 Å². The van der Waals surface area contributed by atoms with Crippen LogP contribution in [0.25, 0.3) is 0 Å². The minimum absolute atomic E-state index is 0.00128. The second kappa shape index (κ2) is 7.82. The molecule has 188 valence electrons. The second-order valence-corrected chi connectivity index (χ2v) is 12.4. The maximum absolute atomic E-state index is 13.9. The highest BCUT2D eigenvalue weighted by molar-refractivity contribution is 6.16. The van der Waals surface area contributed by atoms with Gasteiger partial charge in [-0.2, -0.15) is 0 Å². The summed E-state index contributed by atoms with van der Waals surface area (Å²) in [5.41, 5.74) is -2.65. The molecule has 7 heteroatoms. The van der Waals surface area contributed by atoms with E-state index in [1.165, 1.54) is 0 Å². The van der Waals surface area contributed by atoms with E-state index in [0.717, 1.165) is 0 Å². The zero-order valence-corrected chi connectivity index (χ0v) is 20.9. The molecule has 0 radical (unpaired) electrons. The van der Waals surface area contributed by atoms with E-state index in [1.54, 1.807) is 6.92 Å². The number of allylic oxidation sites excluding steroid dienone is 2.